The van der Waals surface area contributed by atoms with E-state index in [1.54, 1.807) is 11.8 Å². The standard InChI is InChI=1S/C16H14ClNOS/c17-14-12-8-4-5-9-13(12)16(18-15(14)19)20-10-11-6-2-1-3-7-11/h1-6,8-9,11H,7,10H2,(H,18,19). The van der Waals surface area contributed by atoms with Gasteiger partial charge in [0.25, 0.3) is 5.56 Å². The highest BCUT2D eigenvalue weighted by Crippen LogP contribution is 2.30. The fourth-order valence-electron chi connectivity index (χ4n) is 2.28. The number of H-pyrrole nitrogens is 1. The van der Waals surface area contributed by atoms with E-state index in [4.69, 9.17) is 11.6 Å². The summed E-state index contributed by atoms with van der Waals surface area (Å²) in [5.74, 6) is 1.46. The Morgan fingerprint density at radius 3 is 2.80 bits per heavy atom. The van der Waals surface area contributed by atoms with Gasteiger partial charge in [0.1, 0.15) is 5.02 Å². The summed E-state index contributed by atoms with van der Waals surface area (Å²) in [5, 5.41) is 3.00. The van der Waals surface area contributed by atoms with Gasteiger partial charge in [0.15, 0.2) is 0 Å². The first-order valence-corrected chi connectivity index (χ1v) is 7.88. The zero-order chi connectivity index (χ0) is 13.9. The van der Waals surface area contributed by atoms with Gasteiger partial charge in [-0.25, -0.2) is 0 Å². The smallest absolute Gasteiger partial charge is 0.268 e. The van der Waals surface area contributed by atoms with E-state index < -0.39 is 0 Å². The van der Waals surface area contributed by atoms with Crippen LogP contribution in [0, 0.1) is 5.92 Å². The third-order valence-corrected chi connectivity index (χ3v) is 4.93. The first-order chi connectivity index (χ1) is 9.75. The number of halogens is 1. The van der Waals surface area contributed by atoms with E-state index in [0.29, 0.717) is 5.92 Å². The number of thioether (sulfide) groups is 1. The van der Waals surface area contributed by atoms with Crippen molar-refractivity contribution in [2.75, 3.05) is 5.75 Å². The number of pyridine rings is 1. The Balaban J connectivity index is 1.91. The first-order valence-electron chi connectivity index (χ1n) is 6.52. The lowest BCUT2D eigenvalue weighted by atomic mass is 10.0. The number of fused-ring (bicyclic) bond motifs is 1. The number of aromatic amines is 1. The van der Waals surface area contributed by atoms with Gasteiger partial charge in [0.05, 0.1) is 5.03 Å². The maximum Gasteiger partial charge on any atom is 0.268 e. The van der Waals surface area contributed by atoms with Crippen LogP contribution in [0.5, 0.6) is 0 Å². The molecule has 1 atom stereocenters. The summed E-state index contributed by atoms with van der Waals surface area (Å²) < 4.78 is 0. The van der Waals surface area contributed by atoms with Crippen molar-refractivity contribution in [3.05, 3.63) is 63.9 Å². The Bertz CT molecular complexity index is 748. The molecule has 4 heteroatoms. The number of nitrogens with one attached hydrogen (secondary N) is 1. The van der Waals surface area contributed by atoms with Gasteiger partial charge < -0.3 is 4.98 Å². The minimum atomic E-state index is -0.216. The molecule has 1 unspecified atom stereocenters. The molecule has 0 saturated heterocycles. The topological polar surface area (TPSA) is 32.9 Å². The van der Waals surface area contributed by atoms with E-state index in [-0.39, 0.29) is 10.6 Å². The average Bonchev–Trinajstić information content (AvgIpc) is 2.50. The summed E-state index contributed by atoms with van der Waals surface area (Å²) in [6, 6.07) is 7.75. The molecule has 1 aromatic carbocycles. The number of allylic oxidation sites excluding steroid dienone is 4. The fraction of sp³-hybridized carbons (Fsp3) is 0.188. The second-order valence-corrected chi connectivity index (χ2v) is 6.17. The van der Waals surface area contributed by atoms with Crippen molar-refractivity contribution in [3.8, 4) is 0 Å². The summed E-state index contributed by atoms with van der Waals surface area (Å²) >= 11 is 7.75. The van der Waals surface area contributed by atoms with Gasteiger partial charge in [0.2, 0.25) is 0 Å². The quantitative estimate of drug-likeness (QED) is 0.852. The van der Waals surface area contributed by atoms with Crippen LogP contribution >= 0.6 is 23.4 Å². The van der Waals surface area contributed by atoms with Crippen LogP contribution in [0.4, 0.5) is 0 Å². The molecule has 0 fully saturated rings. The fourth-order valence-corrected chi connectivity index (χ4v) is 3.62. The van der Waals surface area contributed by atoms with Crippen LogP contribution in [0.15, 0.2) is 58.4 Å². The van der Waals surface area contributed by atoms with E-state index in [9.17, 15) is 4.79 Å². The van der Waals surface area contributed by atoms with Gasteiger partial charge in [-0.2, -0.15) is 0 Å². The third kappa shape index (κ3) is 2.69. The summed E-state index contributed by atoms with van der Waals surface area (Å²) in [7, 11) is 0. The second-order valence-electron chi connectivity index (χ2n) is 4.76. The minimum absolute atomic E-state index is 0.216. The van der Waals surface area contributed by atoms with Crippen LogP contribution in [0.25, 0.3) is 10.8 Å². The van der Waals surface area contributed by atoms with E-state index in [1.165, 1.54) is 0 Å². The number of benzene rings is 1. The van der Waals surface area contributed by atoms with Crippen molar-refractivity contribution in [3.63, 3.8) is 0 Å². The molecule has 2 nitrogen and oxygen atoms in total. The van der Waals surface area contributed by atoms with Crippen molar-refractivity contribution in [1.29, 1.82) is 0 Å². The second kappa shape index (κ2) is 5.90. The molecule has 102 valence electrons. The molecule has 2 aromatic rings. The van der Waals surface area contributed by atoms with E-state index in [0.717, 1.165) is 28.0 Å². The summed E-state index contributed by atoms with van der Waals surface area (Å²) in [5.41, 5.74) is -0.216. The Labute approximate surface area is 126 Å². The molecular formula is C16H14ClNOS. The van der Waals surface area contributed by atoms with E-state index in [1.807, 2.05) is 24.3 Å². The Morgan fingerprint density at radius 2 is 2.05 bits per heavy atom. The normalized spacial score (nSPS) is 17.8. The van der Waals surface area contributed by atoms with Crippen molar-refractivity contribution in [1.82, 2.24) is 4.98 Å². The van der Waals surface area contributed by atoms with Crippen LogP contribution in [-0.2, 0) is 0 Å². The molecule has 0 saturated carbocycles. The summed E-state index contributed by atoms with van der Waals surface area (Å²) in [4.78, 5) is 14.8. The van der Waals surface area contributed by atoms with Gasteiger partial charge in [-0.05, 0) is 12.3 Å². The molecule has 20 heavy (non-hydrogen) atoms. The van der Waals surface area contributed by atoms with Crippen LogP contribution in [0.2, 0.25) is 5.02 Å². The SMILES string of the molecule is O=c1[nH]c(SCC2C=CC=CC2)c2ccccc2c1Cl. The summed E-state index contributed by atoms with van der Waals surface area (Å²) in [6.45, 7) is 0. The first kappa shape index (κ1) is 13.5. The van der Waals surface area contributed by atoms with E-state index >= 15 is 0 Å². The maximum atomic E-state index is 11.9. The molecule has 1 heterocycles. The van der Waals surface area contributed by atoms with Gasteiger partial charge in [-0.3, -0.25) is 4.79 Å². The number of hydrogen-bond acceptors (Lipinski definition) is 2. The molecule has 1 N–H and O–H groups in total. The van der Waals surface area contributed by atoms with Gasteiger partial charge in [0, 0.05) is 16.5 Å². The maximum absolute atomic E-state index is 11.9. The average molecular weight is 304 g/mol. The largest absolute Gasteiger partial charge is 0.315 e. The minimum Gasteiger partial charge on any atom is -0.315 e. The molecular weight excluding hydrogens is 290 g/mol. The predicted octanol–water partition coefficient (Wildman–Crippen LogP) is 4.41. The molecule has 0 bridgehead atoms. The van der Waals surface area contributed by atoms with Crippen LogP contribution in [0.3, 0.4) is 0 Å². The molecule has 0 amide bonds. The monoisotopic (exact) mass is 303 g/mol. The molecule has 3 rings (SSSR count). The van der Waals surface area contributed by atoms with E-state index in [2.05, 4.69) is 29.3 Å². The van der Waals surface area contributed by atoms with Crippen LogP contribution < -0.4 is 5.56 Å². The molecule has 1 aliphatic carbocycles. The molecule has 0 aliphatic heterocycles. The third-order valence-electron chi connectivity index (χ3n) is 3.35. The summed E-state index contributed by atoms with van der Waals surface area (Å²) in [6.07, 6.45) is 9.59. The Kier molecular flexibility index (Phi) is 3.99. The highest BCUT2D eigenvalue weighted by atomic mass is 35.5. The van der Waals surface area contributed by atoms with Gasteiger partial charge in [-0.1, -0.05) is 60.2 Å². The molecule has 1 aromatic heterocycles. The van der Waals surface area contributed by atoms with Crippen LogP contribution in [-0.4, -0.2) is 10.7 Å². The number of aromatic nitrogens is 1. The number of rotatable bonds is 3. The van der Waals surface area contributed by atoms with Crippen molar-refractivity contribution in [2.24, 2.45) is 5.92 Å². The lowest BCUT2D eigenvalue weighted by Crippen LogP contribution is -2.09. The van der Waals surface area contributed by atoms with Gasteiger partial charge >= 0.3 is 0 Å². The van der Waals surface area contributed by atoms with Gasteiger partial charge in [-0.15, -0.1) is 11.8 Å². The Morgan fingerprint density at radius 1 is 1.25 bits per heavy atom. The van der Waals surface area contributed by atoms with Crippen molar-refractivity contribution in [2.45, 2.75) is 11.4 Å². The van der Waals surface area contributed by atoms with Crippen molar-refractivity contribution < 1.29 is 0 Å². The molecule has 0 spiro atoms. The lowest BCUT2D eigenvalue weighted by Gasteiger charge is -2.13. The highest BCUT2D eigenvalue weighted by molar-refractivity contribution is 7.99. The van der Waals surface area contributed by atoms with Crippen LogP contribution in [0.1, 0.15) is 6.42 Å². The molecule has 1 aliphatic rings. The lowest BCUT2D eigenvalue weighted by molar-refractivity contribution is 0.748. The molecule has 0 radical (unpaired) electrons. The Hall–Kier alpha value is -1.45. The highest BCUT2D eigenvalue weighted by Gasteiger charge is 2.11. The zero-order valence-corrected chi connectivity index (χ0v) is 12.4. The van der Waals surface area contributed by atoms with Crippen molar-refractivity contribution >= 4 is 34.1 Å². The zero-order valence-electron chi connectivity index (χ0n) is 10.8. The predicted molar refractivity (Wildman–Crippen MR) is 86.7 cm³/mol. The number of hydrogen-bond donors (Lipinski definition) is 1.